The maximum atomic E-state index is 11.1. The lowest BCUT2D eigenvalue weighted by atomic mass is 10.1. The average molecular weight is 267 g/mol. The van der Waals surface area contributed by atoms with Gasteiger partial charge in [0.2, 0.25) is 0 Å². The van der Waals surface area contributed by atoms with Crippen LogP contribution in [0, 0.1) is 0 Å². The maximum Gasteiger partial charge on any atom is 0.147 e. The molecule has 1 aliphatic rings. The molecule has 0 bridgehead atoms. The first-order valence-electron chi connectivity index (χ1n) is 6.56. The van der Waals surface area contributed by atoms with Crippen molar-refractivity contribution in [1.29, 1.82) is 0 Å². The summed E-state index contributed by atoms with van der Waals surface area (Å²) in [6.45, 7) is 2.28. The highest BCUT2D eigenvalue weighted by atomic mass is 32.2. The largest absolute Gasteiger partial charge is 0.372 e. The summed E-state index contributed by atoms with van der Waals surface area (Å²) in [6.07, 6.45) is 5.78. The van der Waals surface area contributed by atoms with E-state index in [1.807, 2.05) is 0 Å². The van der Waals surface area contributed by atoms with E-state index in [1.165, 1.54) is 31.2 Å². The van der Waals surface area contributed by atoms with Crippen molar-refractivity contribution in [2.24, 2.45) is 0 Å². The Bertz CT molecular complexity index is 473. The molecule has 0 atom stereocenters. The van der Waals surface area contributed by atoms with Crippen molar-refractivity contribution in [3.63, 3.8) is 0 Å². The second-order valence-electron chi connectivity index (χ2n) is 5.09. The van der Waals surface area contributed by atoms with E-state index >= 15 is 0 Å². The van der Waals surface area contributed by atoms with Gasteiger partial charge in [0.1, 0.15) is 9.84 Å². The molecule has 0 saturated carbocycles. The van der Waals surface area contributed by atoms with Gasteiger partial charge in [-0.25, -0.2) is 8.42 Å². The second kappa shape index (κ2) is 5.74. The SMILES string of the molecule is CS(=O)(=O)CCc1ccc(N2CCCCC2)cc1. The van der Waals surface area contributed by atoms with Crippen LogP contribution in [0.15, 0.2) is 24.3 Å². The van der Waals surface area contributed by atoms with Gasteiger partial charge in [-0.15, -0.1) is 0 Å². The zero-order valence-corrected chi connectivity index (χ0v) is 11.7. The second-order valence-corrected chi connectivity index (χ2v) is 7.35. The predicted octanol–water partition coefficient (Wildman–Crippen LogP) is 2.26. The van der Waals surface area contributed by atoms with Crippen LogP contribution in [-0.4, -0.2) is 33.5 Å². The quantitative estimate of drug-likeness (QED) is 0.840. The third kappa shape index (κ3) is 4.02. The lowest BCUT2D eigenvalue weighted by Gasteiger charge is -2.28. The van der Waals surface area contributed by atoms with Crippen molar-refractivity contribution < 1.29 is 8.42 Å². The minimum atomic E-state index is -2.86. The van der Waals surface area contributed by atoms with Gasteiger partial charge >= 0.3 is 0 Å². The van der Waals surface area contributed by atoms with Crippen LogP contribution in [0.5, 0.6) is 0 Å². The highest BCUT2D eigenvalue weighted by Crippen LogP contribution is 2.20. The van der Waals surface area contributed by atoms with E-state index in [2.05, 4.69) is 29.2 Å². The Balaban J connectivity index is 1.96. The molecular weight excluding hydrogens is 246 g/mol. The molecule has 100 valence electrons. The number of aryl methyl sites for hydroxylation is 1. The van der Waals surface area contributed by atoms with Crippen molar-refractivity contribution in [2.75, 3.05) is 30.0 Å². The third-order valence-corrected chi connectivity index (χ3v) is 4.36. The van der Waals surface area contributed by atoms with E-state index in [9.17, 15) is 8.42 Å². The topological polar surface area (TPSA) is 37.4 Å². The summed E-state index contributed by atoms with van der Waals surface area (Å²) in [6, 6.07) is 8.33. The van der Waals surface area contributed by atoms with Gasteiger partial charge in [0, 0.05) is 25.0 Å². The van der Waals surface area contributed by atoms with Crippen LogP contribution in [0.25, 0.3) is 0 Å². The molecule has 1 aromatic rings. The summed E-state index contributed by atoms with van der Waals surface area (Å²) in [5, 5.41) is 0. The van der Waals surface area contributed by atoms with Crippen LogP contribution in [0.2, 0.25) is 0 Å². The van der Waals surface area contributed by atoms with E-state index in [1.54, 1.807) is 0 Å². The van der Waals surface area contributed by atoms with Crippen LogP contribution in [0.1, 0.15) is 24.8 Å². The van der Waals surface area contributed by atoms with Gasteiger partial charge in [0.05, 0.1) is 5.75 Å². The van der Waals surface area contributed by atoms with Crippen molar-refractivity contribution >= 4 is 15.5 Å². The van der Waals surface area contributed by atoms with Gasteiger partial charge in [-0.2, -0.15) is 0 Å². The minimum Gasteiger partial charge on any atom is -0.372 e. The van der Waals surface area contributed by atoms with Crippen LogP contribution >= 0.6 is 0 Å². The Morgan fingerprint density at radius 1 is 1.06 bits per heavy atom. The molecule has 3 nitrogen and oxygen atoms in total. The fraction of sp³-hybridized carbons (Fsp3) is 0.571. The first kappa shape index (κ1) is 13.4. The van der Waals surface area contributed by atoms with Gasteiger partial charge in [-0.05, 0) is 43.4 Å². The zero-order chi connectivity index (χ0) is 13.0. The average Bonchev–Trinajstić information content (AvgIpc) is 2.37. The molecule has 0 radical (unpaired) electrons. The number of sulfone groups is 1. The molecular formula is C14H21NO2S. The Morgan fingerprint density at radius 2 is 1.67 bits per heavy atom. The van der Waals surface area contributed by atoms with Crippen molar-refractivity contribution in [1.82, 2.24) is 0 Å². The van der Waals surface area contributed by atoms with Gasteiger partial charge in [0.15, 0.2) is 0 Å². The van der Waals surface area contributed by atoms with Gasteiger partial charge in [-0.1, -0.05) is 12.1 Å². The summed E-state index contributed by atoms with van der Waals surface area (Å²) < 4.78 is 22.2. The normalized spacial score (nSPS) is 16.8. The first-order valence-corrected chi connectivity index (χ1v) is 8.62. The molecule has 0 unspecified atom stereocenters. The molecule has 1 heterocycles. The van der Waals surface area contributed by atoms with Crippen molar-refractivity contribution in [3.8, 4) is 0 Å². The Morgan fingerprint density at radius 3 is 2.22 bits per heavy atom. The molecule has 0 amide bonds. The van der Waals surface area contributed by atoms with Crippen LogP contribution in [-0.2, 0) is 16.3 Å². The first-order chi connectivity index (χ1) is 8.54. The van der Waals surface area contributed by atoms with Crippen LogP contribution < -0.4 is 4.90 Å². The number of hydrogen-bond donors (Lipinski definition) is 0. The summed E-state index contributed by atoms with van der Waals surface area (Å²) in [7, 11) is -2.86. The summed E-state index contributed by atoms with van der Waals surface area (Å²) in [5.41, 5.74) is 2.36. The molecule has 1 aliphatic heterocycles. The van der Waals surface area contributed by atoms with Crippen LogP contribution in [0.4, 0.5) is 5.69 Å². The zero-order valence-electron chi connectivity index (χ0n) is 10.9. The molecule has 0 spiro atoms. The Labute approximate surface area is 110 Å². The summed E-state index contributed by atoms with van der Waals surface area (Å²) in [4.78, 5) is 2.41. The highest BCUT2D eigenvalue weighted by molar-refractivity contribution is 7.90. The molecule has 1 fully saturated rings. The van der Waals surface area contributed by atoms with Gasteiger partial charge in [-0.3, -0.25) is 0 Å². The van der Waals surface area contributed by atoms with E-state index in [4.69, 9.17) is 0 Å². The lowest BCUT2D eigenvalue weighted by Crippen LogP contribution is -2.29. The molecule has 1 saturated heterocycles. The number of nitrogens with zero attached hydrogens (tertiary/aromatic N) is 1. The van der Waals surface area contributed by atoms with Crippen LogP contribution in [0.3, 0.4) is 0 Å². The summed E-state index contributed by atoms with van der Waals surface area (Å²) >= 11 is 0. The minimum absolute atomic E-state index is 0.232. The molecule has 18 heavy (non-hydrogen) atoms. The summed E-state index contributed by atoms with van der Waals surface area (Å²) in [5.74, 6) is 0.232. The molecule has 1 aromatic carbocycles. The van der Waals surface area contributed by atoms with E-state index in [-0.39, 0.29) is 5.75 Å². The smallest absolute Gasteiger partial charge is 0.147 e. The van der Waals surface area contributed by atoms with Gasteiger partial charge in [0.25, 0.3) is 0 Å². The lowest BCUT2D eigenvalue weighted by molar-refractivity contribution is 0.578. The molecule has 4 heteroatoms. The fourth-order valence-electron chi connectivity index (χ4n) is 2.33. The van der Waals surface area contributed by atoms with E-state index < -0.39 is 9.84 Å². The number of piperidine rings is 1. The van der Waals surface area contributed by atoms with E-state index in [0.29, 0.717) is 6.42 Å². The Kier molecular flexibility index (Phi) is 4.27. The standard InChI is InChI=1S/C14H21NO2S/c1-18(16,17)12-9-13-5-7-14(8-6-13)15-10-3-2-4-11-15/h5-8H,2-4,9-12H2,1H3. The molecule has 0 N–H and O–H groups in total. The molecule has 0 aromatic heterocycles. The fourth-order valence-corrected chi connectivity index (χ4v) is 2.94. The Hall–Kier alpha value is -1.03. The van der Waals surface area contributed by atoms with Gasteiger partial charge < -0.3 is 4.90 Å². The number of rotatable bonds is 4. The van der Waals surface area contributed by atoms with E-state index in [0.717, 1.165) is 18.7 Å². The maximum absolute atomic E-state index is 11.1. The van der Waals surface area contributed by atoms with Crippen molar-refractivity contribution in [3.05, 3.63) is 29.8 Å². The molecule has 0 aliphatic carbocycles. The number of anilines is 1. The highest BCUT2D eigenvalue weighted by Gasteiger charge is 2.10. The third-order valence-electron chi connectivity index (χ3n) is 3.42. The number of benzene rings is 1. The number of hydrogen-bond acceptors (Lipinski definition) is 3. The van der Waals surface area contributed by atoms with Crippen molar-refractivity contribution in [2.45, 2.75) is 25.7 Å². The predicted molar refractivity (Wildman–Crippen MR) is 75.9 cm³/mol. The molecule has 2 rings (SSSR count). The monoisotopic (exact) mass is 267 g/mol.